The first-order chi connectivity index (χ1) is 9.06. The first-order valence-corrected chi connectivity index (χ1v) is 6.77. The normalized spacial score (nSPS) is 11.9. The van der Waals surface area contributed by atoms with E-state index in [1.54, 1.807) is 24.3 Å². The van der Waals surface area contributed by atoms with Crippen LogP contribution in [0.25, 0.3) is 0 Å². The number of nitrogens with two attached hydrogens (primary N) is 1. The molecule has 19 heavy (non-hydrogen) atoms. The van der Waals surface area contributed by atoms with E-state index in [4.69, 9.17) is 5.73 Å². The Morgan fingerprint density at radius 2 is 1.68 bits per heavy atom. The van der Waals surface area contributed by atoms with Crippen molar-refractivity contribution < 1.29 is 4.79 Å². The van der Waals surface area contributed by atoms with Crippen molar-refractivity contribution in [2.75, 3.05) is 5.73 Å². The van der Waals surface area contributed by atoms with E-state index in [2.05, 4.69) is 21.2 Å². The molecular formula is C15H15BrN2O. The van der Waals surface area contributed by atoms with Gasteiger partial charge in [0.05, 0.1) is 6.04 Å². The van der Waals surface area contributed by atoms with Gasteiger partial charge in [0.15, 0.2) is 0 Å². The Balaban J connectivity index is 2.06. The summed E-state index contributed by atoms with van der Waals surface area (Å²) in [5.74, 6) is -0.101. The molecule has 4 heteroatoms. The molecule has 0 aliphatic heterocycles. The van der Waals surface area contributed by atoms with E-state index in [9.17, 15) is 4.79 Å². The number of carbonyl (C=O) groups excluding carboxylic acids is 1. The number of carbonyl (C=O) groups is 1. The molecule has 0 aliphatic carbocycles. The molecular weight excluding hydrogens is 304 g/mol. The van der Waals surface area contributed by atoms with E-state index in [1.807, 2.05) is 31.2 Å². The SMILES string of the molecule is CC(NC(=O)c1ccc(N)cc1)c1ccc(Br)cc1. The van der Waals surface area contributed by atoms with Gasteiger partial charge < -0.3 is 11.1 Å². The highest BCUT2D eigenvalue weighted by Crippen LogP contribution is 2.17. The number of halogens is 1. The molecule has 2 aromatic carbocycles. The van der Waals surface area contributed by atoms with Crippen LogP contribution in [0, 0.1) is 0 Å². The van der Waals surface area contributed by atoms with Crippen LogP contribution in [0.3, 0.4) is 0 Å². The van der Waals surface area contributed by atoms with Gasteiger partial charge in [-0.2, -0.15) is 0 Å². The smallest absolute Gasteiger partial charge is 0.251 e. The van der Waals surface area contributed by atoms with Crippen molar-refractivity contribution in [1.29, 1.82) is 0 Å². The molecule has 1 unspecified atom stereocenters. The lowest BCUT2D eigenvalue weighted by Crippen LogP contribution is -2.26. The van der Waals surface area contributed by atoms with Crippen molar-refractivity contribution in [3.05, 3.63) is 64.1 Å². The molecule has 0 saturated carbocycles. The number of hydrogen-bond acceptors (Lipinski definition) is 2. The molecule has 0 spiro atoms. The van der Waals surface area contributed by atoms with Crippen molar-refractivity contribution in [1.82, 2.24) is 5.32 Å². The van der Waals surface area contributed by atoms with Crippen LogP contribution >= 0.6 is 15.9 Å². The van der Waals surface area contributed by atoms with E-state index >= 15 is 0 Å². The molecule has 0 aliphatic rings. The molecule has 2 aromatic rings. The third-order valence-corrected chi connectivity index (χ3v) is 3.42. The lowest BCUT2D eigenvalue weighted by Gasteiger charge is -2.14. The molecule has 0 saturated heterocycles. The highest BCUT2D eigenvalue weighted by Gasteiger charge is 2.11. The number of rotatable bonds is 3. The number of amides is 1. The summed E-state index contributed by atoms with van der Waals surface area (Å²) in [6.07, 6.45) is 0. The second-order valence-electron chi connectivity index (χ2n) is 4.37. The van der Waals surface area contributed by atoms with Crippen LogP contribution in [0.15, 0.2) is 53.0 Å². The molecule has 3 nitrogen and oxygen atoms in total. The van der Waals surface area contributed by atoms with Crippen LogP contribution in [0.4, 0.5) is 5.69 Å². The van der Waals surface area contributed by atoms with Crippen molar-refractivity contribution >= 4 is 27.5 Å². The molecule has 1 atom stereocenters. The third kappa shape index (κ3) is 3.58. The second-order valence-corrected chi connectivity index (χ2v) is 5.28. The minimum Gasteiger partial charge on any atom is -0.399 e. The standard InChI is InChI=1S/C15H15BrN2O/c1-10(11-2-6-13(16)7-3-11)18-15(19)12-4-8-14(17)9-5-12/h2-10H,17H2,1H3,(H,18,19). The number of hydrogen-bond donors (Lipinski definition) is 2. The van der Waals surface area contributed by atoms with Gasteiger partial charge in [0.1, 0.15) is 0 Å². The number of benzene rings is 2. The Bertz CT molecular complexity index is 564. The predicted molar refractivity (Wildman–Crippen MR) is 80.9 cm³/mol. The molecule has 3 N–H and O–H groups in total. The third-order valence-electron chi connectivity index (χ3n) is 2.89. The average Bonchev–Trinajstić information content (AvgIpc) is 2.40. The Morgan fingerprint density at radius 3 is 2.26 bits per heavy atom. The van der Waals surface area contributed by atoms with Gasteiger partial charge in [0, 0.05) is 15.7 Å². The van der Waals surface area contributed by atoms with E-state index in [1.165, 1.54) is 0 Å². The zero-order valence-corrected chi connectivity index (χ0v) is 12.1. The van der Waals surface area contributed by atoms with Gasteiger partial charge in [-0.25, -0.2) is 0 Å². The van der Waals surface area contributed by atoms with E-state index in [0.29, 0.717) is 11.3 Å². The lowest BCUT2D eigenvalue weighted by molar-refractivity contribution is 0.0940. The maximum absolute atomic E-state index is 12.0. The fraction of sp³-hybridized carbons (Fsp3) is 0.133. The Morgan fingerprint density at radius 1 is 1.11 bits per heavy atom. The number of nitrogens with one attached hydrogen (secondary N) is 1. The largest absolute Gasteiger partial charge is 0.399 e. The molecule has 0 fully saturated rings. The topological polar surface area (TPSA) is 55.1 Å². The molecule has 0 aromatic heterocycles. The summed E-state index contributed by atoms with van der Waals surface area (Å²) in [6.45, 7) is 1.96. The molecule has 2 rings (SSSR count). The summed E-state index contributed by atoms with van der Waals surface area (Å²) >= 11 is 3.39. The molecule has 0 bridgehead atoms. The van der Waals surface area contributed by atoms with E-state index in [0.717, 1.165) is 10.0 Å². The summed E-state index contributed by atoms with van der Waals surface area (Å²) in [7, 11) is 0. The maximum atomic E-state index is 12.0. The van der Waals surface area contributed by atoms with Gasteiger partial charge in [-0.3, -0.25) is 4.79 Å². The summed E-state index contributed by atoms with van der Waals surface area (Å²) in [4.78, 5) is 12.0. The molecule has 98 valence electrons. The molecule has 0 radical (unpaired) electrons. The van der Waals surface area contributed by atoms with Gasteiger partial charge in [0.25, 0.3) is 5.91 Å². The maximum Gasteiger partial charge on any atom is 0.251 e. The summed E-state index contributed by atoms with van der Waals surface area (Å²) in [6, 6.07) is 14.7. The first kappa shape index (κ1) is 13.6. The van der Waals surface area contributed by atoms with Crippen LogP contribution < -0.4 is 11.1 Å². The van der Waals surface area contributed by atoms with Crippen molar-refractivity contribution in [3.8, 4) is 0 Å². The van der Waals surface area contributed by atoms with Gasteiger partial charge in [-0.05, 0) is 48.9 Å². The first-order valence-electron chi connectivity index (χ1n) is 5.98. The summed E-state index contributed by atoms with van der Waals surface area (Å²) < 4.78 is 1.02. The van der Waals surface area contributed by atoms with Gasteiger partial charge in [-0.15, -0.1) is 0 Å². The lowest BCUT2D eigenvalue weighted by atomic mass is 10.1. The minimum absolute atomic E-state index is 0.0434. The van der Waals surface area contributed by atoms with Crippen molar-refractivity contribution in [3.63, 3.8) is 0 Å². The Hall–Kier alpha value is -1.81. The molecule has 1 amide bonds. The fourth-order valence-corrected chi connectivity index (χ4v) is 2.01. The van der Waals surface area contributed by atoms with Crippen LogP contribution in [0.5, 0.6) is 0 Å². The quantitative estimate of drug-likeness (QED) is 0.851. The fourth-order valence-electron chi connectivity index (χ4n) is 1.75. The van der Waals surface area contributed by atoms with Gasteiger partial charge in [0.2, 0.25) is 0 Å². The van der Waals surface area contributed by atoms with Gasteiger partial charge >= 0.3 is 0 Å². The van der Waals surface area contributed by atoms with Gasteiger partial charge in [-0.1, -0.05) is 28.1 Å². The van der Waals surface area contributed by atoms with Crippen LogP contribution in [-0.4, -0.2) is 5.91 Å². The zero-order valence-electron chi connectivity index (χ0n) is 10.6. The minimum atomic E-state index is -0.101. The highest BCUT2D eigenvalue weighted by atomic mass is 79.9. The van der Waals surface area contributed by atoms with Crippen LogP contribution in [-0.2, 0) is 0 Å². The average molecular weight is 319 g/mol. The Kier molecular flexibility index (Phi) is 4.22. The summed E-state index contributed by atoms with van der Waals surface area (Å²) in [5.41, 5.74) is 7.92. The van der Waals surface area contributed by atoms with E-state index in [-0.39, 0.29) is 11.9 Å². The van der Waals surface area contributed by atoms with Crippen LogP contribution in [0.1, 0.15) is 28.9 Å². The second kappa shape index (κ2) is 5.89. The predicted octanol–water partition coefficient (Wildman–Crippen LogP) is 3.52. The summed E-state index contributed by atoms with van der Waals surface area (Å²) in [5, 5.41) is 2.96. The molecule has 0 heterocycles. The van der Waals surface area contributed by atoms with Crippen molar-refractivity contribution in [2.45, 2.75) is 13.0 Å². The number of nitrogen functional groups attached to an aromatic ring is 1. The van der Waals surface area contributed by atoms with Crippen LogP contribution in [0.2, 0.25) is 0 Å². The monoisotopic (exact) mass is 318 g/mol. The number of anilines is 1. The zero-order chi connectivity index (χ0) is 13.8. The van der Waals surface area contributed by atoms with E-state index < -0.39 is 0 Å². The Labute approximate surface area is 121 Å². The highest BCUT2D eigenvalue weighted by molar-refractivity contribution is 9.10. The van der Waals surface area contributed by atoms with Crippen molar-refractivity contribution in [2.24, 2.45) is 0 Å².